The van der Waals surface area contributed by atoms with Crippen molar-refractivity contribution in [2.75, 3.05) is 18.4 Å². The van der Waals surface area contributed by atoms with E-state index in [0.29, 0.717) is 18.5 Å². The SMILES string of the molecule is CC(C)CN(CC(=O)Nc1cccc2ccccc12)C(C)C. The molecular formula is C19H26N2O. The predicted octanol–water partition coefficient (Wildman–Crippen LogP) is 4.14. The summed E-state index contributed by atoms with van der Waals surface area (Å²) in [5, 5.41) is 5.29. The highest BCUT2D eigenvalue weighted by atomic mass is 16.2. The van der Waals surface area contributed by atoms with Crippen molar-refractivity contribution < 1.29 is 4.79 Å². The van der Waals surface area contributed by atoms with Crippen molar-refractivity contribution in [3.8, 4) is 0 Å². The highest BCUT2D eigenvalue weighted by molar-refractivity contribution is 6.02. The van der Waals surface area contributed by atoms with E-state index in [9.17, 15) is 4.79 Å². The summed E-state index contributed by atoms with van der Waals surface area (Å²) in [4.78, 5) is 14.6. The van der Waals surface area contributed by atoms with Gasteiger partial charge in [0.1, 0.15) is 0 Å². The quantitative estimate of drug-likeness (QED) is 0.869. The molecule has 2 rings (SSSR count). The first kappa shape index (κ1) is 16.5. The molecule has 0 saturated carbocycles. The average molecular weight is 298 g/mol. The summed E-state index contributed by atoms with van der Waals surface area (Å²) < 4.78 is 0. The van der Waals surface area contributed by atoms with E-state index >= 15 is 0 Å². The van der Waals surface area contributed by atoms with Crippen molar-refractivity contribution in [2.24, 2.45) is 5.92 Å². The van der Waals surface area contributed by atoms with Crippen LogP contribution in [0.1, 0.15) is 27.7 Å². The van der Waals surface area contributed by atoms with E-state index in [1.807, 2.05) is 30.3 Å². The molecule has 2 aromatic rings. The number of carbonyl (C=O) groups excluding carboxylic acids is 1. The Bertz CT molecular complexity index is 629. The summed E-state index contributed by atoms with van der Waals surface area (Å²) in [6, 6.07) is 14.5. The van der Waals surface area contributed by atoms with Gasteiger partial charge in [-0.1, -0.05) is 50.2 Å². The van der Waals surface area contributed by atoms with E-state index in [0.717, 1.165) is 23.0 Å². The van der Waals surface area contributed by atoms with Gasteiger partial charge in [-0.05, 0) is 31.2 Å². The molecule has 0 aliphatic rings. The van der Waals surface area contributed by atoms with Crippen LogP contribution in [0.2, 0.25) is 0 Å². The van der Waals surface area contributed by atoms with Gasteiger partial charge in [0.25, 0.3) is 0 Å². The molecule has 1 N–H and O–H groups in total. The average Bonchev–Trinajstić information content (AvgIpc) is 2.46. The van der Waals surface area contributed by atoms with E-state index in [-0.39, 0.29) is 5.91 Å². The fourth-order valence-corrected chi connectivity index (χ4v) is 2.64. The highest BCUT2D eigenvalue weighted by Gasteiger charge is 2.15. The summed E-state index contributed by atoms with van der Waals surface area (Å²) in [6.45, 7) is 9.98. The maximum atomic E-state index is 12.4. The van der Waals surface area contributed by atoms with Gasteiger partial charge in [-0.25, -0.2) is 0 Å². The number of rotatable bonds is 6. The largest absolute Gasteiger partial charge is 0.324 e. The molecule has 0 aliphatic carbocycles. The highest BCUT2D eigenvalue weighted by Crippen LogP contribution is 2.22. The Kier molecular flexibility index (Phi) is 5.56. The van der Waals surface area contributed by atoms with Crippen LogP contribution in [0.15, 0.2) is 42.5 Å². The van der Waals surface area contributed by atoms with E-state index in [4.69, 9.17) is 0 Å². The second-order valence-electron chi connectivity index (χ2n) is 6.49. The van der Waals surface area contributed by atoms with E-state index in [1.165, 1.54) is 0 Å². The molecule has 0 spiro atoms. The van der Waals surface area contributed by atoms with Crippen molar-refractivity contribution in [3.05, 3.63) is 42.5 Å². The van der Waals surface area contributed by atoms with Gasteiger partial charge in [0.05, 0.1) is 6.54 Å². The first-order valence-electron chi connectivity index (χ1n) is 7.99. The Morgan fingerprint density at radius 1 is 1.05 bits per heavy atom. The molecule has 3 heteroatoms. The van der Waals surface area contributed by atoms with E-state index in [1.54, 1.807) is 0 Å². The number of nitrogens with one attached hydrogen (secondary N) is 1. The number of hydrogen-bond acceptors (Lipinski definition) is 2. The van der Waals surface area contributed by atoms with Crippen LogP contribution in [0.5, 0.6) is 0 Å². The smallest absolute Gasteiger partial charge is 0.238 e. The fraction of sp³-hybridized carbons (Fsp3) is 0.421. The Morgan fingerprint density at radius 3 is 2.41 bits per heavy atom. The summed E-state index contributed by atoms with van der Waals surface area (Å²) in [6.07, 6.45) is 0. The number of benzene rings is 2. The van der Waals surface area contributed by atoms with Crippen LogP contribution in [0.3, 0.4) is 0 Å². The molecule has 0 radical (unpaired) electrons. The molecule has 0 unspecified atom stereocenters. The molecule has 22 heavy (non-hydrogen) atoms. The maximum absolute atomic E-state index is 12.4. The molecule has 0 fully saturated rings. The van der Waals surface area contributed by atoms with Crippen molar-refractivity contribution in [1.29, 1.82) is 0 Å². The molecular weight excluding hydrogens is 272 g/mol. The van der Waals surface area contributed by atoms with Gasteiger partial charge in [0, 0.05) is 23.7 Å². The molecule has 1 amide bonds. The van der Waals surface area contributed by atoms with Crippen molar-refractivity contribution in [1.82, 2.24) is 4.90 Å². The van der Waals surface area contributed by atoms with E-state index < -0.39 is 0 Å². The lowest BCUT2D eigenvalue weighted by Crippen LogP contribution is -2.40. The number of fused-ring (bicyclic) bond motifs is 1. The minimum Gasteiger partial charge on any atom is -0.324 e. The number of hydrogen-bond donors (Lipinski definition) is 1. The van der Waals surface area contributed by atoms with Gasteiger partial charge < -0.3 is 5.32 Å². The molecule has 0 bridgehead atoms. The fourth-order valence-electron chi connectivity index (χ4n) is 2.64. The molecule has 0 saturated heterocycles. The van der Waals surface area contributed by atoms with Crippen LogP contribution in [-0.4, -0.2) is 29.9 Å². The Labute approximate surface area is 133 Å². The molecule has 0 aliphatic heterocycles. The summed E-state index contributed by atoms with van der Waals surface area (Å²) in [5.74, 6) is 0.596. The normalized spacial score (nSPS) is 11.6. The van der Waals surface area contributed by atoms with Crippen molar-refractivity contribution in [3.63, 3.8) is 0 Å². The third-order valence-corrected chi connectivity index (χ3v) is 3.74. The first-order chi connectivity index (χ1) is 10.5. The Morgan fingerprint density at radius 2 is 1.73 bits per heavy atom. The number of nitrogens with zero attached hydrogens (tertiary/aromatic N) is 1. The zero-order valence-electron chi connectivity index (χ0n) is 14.0. The predicted molar refractivity (Wildman–Crippen MR) is 94.1 cm³/mol. The van der Waals surface area contributed by atoms with Crippen molar-refractivity contribution in [2.45, 2.75) is 33.7 Å². The van der Waals surface area contributed by atoms with Gasteiger partial charge >= 0.3 is 0 Å². The van der Waals surface area contributed by atoms with Crippen LogP contribution < -0.4 is 5.32 Å². The zero-order chi connectivity index (χ0) is 16.1. The third kappa shape index (κ3) is 4.31. The Balaban J connectivity index is 2.10. The molecule has 0 aromatic heterocycles. The first-order valence-corrected chi connectivity index (χ1v) is 7.99. The number of carbonyl (C=O) groups is 1. The van der Waals surface area contributed by atoms with Crippen LogP contribution in [0.25, 0.3) is 10.8 Å². The summed E-state index contributed by atoms with van der Waals surface area (Å²) in [7, 11) is 0. The van der Waals surface area contributed by atoms with Gasteiger partial charge in [-0.15, -0.1) is 0 Å². The second kappa shape index (κ2) is 7.41. The number of amides is 1. The topological polar surface area (TPSA) is 32.3 Å². The van der Waals surface area contributed by atoms with Gasteiger partial charge in [0.15, 0.2) is 0 Å². The molecule has 3 nitrogen and oxygen atoms in total. The minimum absolute atomic E-state index is 0.0469. The molecule has 0 heterocycles. The van der Waals surface area contributed by atoms with Crippen LogP contribution in [-0.2, 0) is 4.79 Å². The molecule has 118 valence electrons. The van der Waals surface area contributed by atoms with Crippen molar-refractivity contribution >= 4 is 22.4 Å². The Hall–Kier alpha value is -1.87. The van der Waals surface area contributed by atoms with Crippen LogP contribution in [0, 0.1) is 5.92 Å². The lowest BCUT2D eigenvalue weighted by atomic mass is 10.1. The second-order valence-corrected chi connectivity index (χ2v) is 6.49. The maximum Gasteiger partial charge on any atom is 0.238 e. The van der Waals surface area contributed by atoms with Gasteiger partial charge in [-0.3, -0.25) is 9.69 Å². The lowest BCUT2D eigenvalue weighted by molar-refractivity contribution is -0.117. The van der Waals surface area contributed by atoms with Gasteiger partial charge in [0.2, 0.25) is 5.91 Å². The monoisotopic (exact) mass is 298 g/mol. The van der Waals surface area contributed by atoms with Gasteiger partial charge in [-0.2, -0.15) is 0 Å². The minimum atomic E-state index is 0.0469. The number of anilines is 1. The summed E-state index contributed by atoms with van der Waals surface area (Å²) >= 11 is 0. The van der Waals surface area contributed by atoms with E-state index in [2.05, 4.69) is 50.0 Å². The zero-order valence-corrected chi connectivity index (χ0v) is 14.0. The summed E-state index contributed by atoms with van der Waals surface area (Å²) in [5.41, 5.74) is 0.886. The molecule has 2 aromatic carbocycles. The molecule has 0 atom stereocenters. The standard InChI is InChI=1S/C19H26N2O/c1-14(2)12-21(15(3)4)13-19(22)20-18-11-7-9-16-8-5-6-10-17(16)18/h5-11,14-15H,12-13H2,1-4H3,(H,20,22). The third-order valence-electron chi connectivity index (χ3n) is 3.74. The van der Waals surface area contributed by atoms with Crippen LogP contribution in [0.4, 0.5) is 5.69 Å². The lowest BCUT2D eigenvalue weighted by Gasteiger charge is -2.27. The van der Waals surface area contributed by atoms with Crippen LogP contribution >= 0.6 is 0 Å².